The van der Waals surface area contributed by atoms with Crippen LogP contribution in [0.1, 0.15) is 43.5 Å². The second kappa shape index (κ2) is 12.4. The zero-order valence-electron chi connectivity index (χ0n) is 23.2. The Bertz CT molecular complexity index is 1620. The van der Waals surface area contributed by atoms with Crippen LogP contribution in [0, 0.1) is 0 Å². The molecule has 41 heavy (non-hydrogen) atoms. The van der Waals surface area contributed by atoms with Crippen molar-refractivity contribution in [2.24, 2.45) is 5.73 Å². The van der Waals surface area contributed by atoms with Crippen molar-refractivity contribution in [3.63, 3.8) is 0 Å². The van der Waals surface area contributed by atoms with Gasteiger partial charge in [-0.25, -0.2) is 14.8 Å². The number of imidazole rings is 1. The molecule has 9 nitrogen and oxygen atoms in total. The lowest BCUT2D eigenvalue weighted by Crippen LogP contribution is -2.27. The maximum Gasteiger partial charge on any atom is 0.432 e. The zero-order valence-corrected chi connectivity index (χ0v) is 23.2. The fourth-order valence-corrected chi connectivity index (χ4v) is 4.44. The second-order valence-electron chi connectivity index (χ2n) is 9.68. The summed E-state index contributed by atoms with van der Waals surface area (Å²) in [6.45, 7) is 6.39. The van der Waals surface area contributed by atoms with Crippen molar-refractivity contribution in [1.82, 2.24) is 29.4 Å². The number of methoxy groups -OCH3 is 1. The lowest BCUT2D eigenvalue weighted by atomic mass is 10.0. The Morgan fingerprint density at radius 3 is 2.56 bits per heavy atom. The maximum absolute atomic E-state index is 13.1. The van der Waals surface area contributed by atoms with Gasteiger partial charge in [0.05, 0.1) is 25.0 Å². The Balaban J connectivity index is 1.65. The molecule has 1 aromatic carbocycles. The molecule has 3 heterocycles. The molecule has 4 aromatic rings. The lowest BCUT2D eigenvalue weighted by Gasteiger charge is -2.25. The van der Waals surface area contributed by atoms with Crippen LogP contribution >= 0.6 is 0 Å². The summed E-state index contributed by atoms with van der Waals surface area (Å²) < 4.78 is 46.0. The number of aromatic amines is 1. The monoisotopic (exact) mass is 567 g/mol. The molecule has 0 saturated heterocycles. The molecule has 0 bridgehead atoms. The van der Waals surface area contributed by atoms with E-state index in [1.54, 1.807) is 37.5 Å². The van der Waals surface area contributed by atoms with E-state index in [1.807, 2.05) is 38.1 Å². The molecule has 12 heteroatoms. The Morgan fingerprint density at radius 1 is 1.20 bits per heavy atom. The first kappa shape index (κ1) is 29.5. The smallest absolute Gasteiger partial charge is 0.394 e. The number of nitrogens with zero attached hydrogens (tertiary/aromatic N) is 5. The number of ether oxygens (including phenoxy) is 1. The van der Waals surface area contributed by atoms with Crippen LogP contribution in [0.5, 0.6) is 0 Å². The molecule has 0 aliphatic heterocycles. The molecule has 0 saturated carbocycles. The number of fused-ring (bicyclic) bond motifs is 1. The van der Waals surface area contributed by atoms with Gasteiger partial charge < -0.3 is 20.4 Å². The number of alkyl halides is 3. The predicted molar refractivity (Wildman–Crippen MR) is 152 cm³/mol. The molecule has 0 fully saturated rings. The summed E-state index contributed by atoms with van der Waals surface area (Å²) in [6.07, 6.45) is 1.24. The van der Waals surface area contributed by atoms with Gasteiger partial charge in [-0.15, -0.1) is 0 Å². The first-order chi connectivity index (χ1) is 19.5. The van der Waals surface area contributed by atoms with Crippen molar-refractivity contribution in [3.05, 3.63) is 94.1 Å². The highest BCUT2D eigenvalue weighted by Gasteiger charge is 2.32. The zero-order chi connectivity index (χ0) is 29.7. The van der Waals surface area contributed by atoms with E-state index in [2.05, 4.69) is 15.0 Å². The number of hydrogen-bond acceptors (Lipinski definition) is 7. The number of aromatic nitrogens is 5. The van der Waals surface area contributed by atoms with E-state index in [4.69, 9.17) is 15.5 Å². The van der Waals surface area contributed by atoms with Gasteiger partial charge in [-0.05, 0) is 36.1 Å². The van der Waals surface area contributed by atoms with E-state index in [0.717, 1.165) is 23.0 Å². The average molecular weight is 568 g/mol. The molecule has 0 aliphatic carbocycles. The molecule has 3 aromatic heterocycles. The van der Waals surface area contributed by atoms with Crippen molar-refractivity contribution < 1.29 is 17.9 Å². The van der Waals surface area contributed by atoms with Crippen molar-refractivity contribution in [2.75, 3.05) is 20.3 Å². The van der Waals surface area contributed by atoms with Crippen LogP contribution in [0.4, 0.5) is 13.2 Å². The standard InChI is InChI=1S/C29H32F3N7O2/c1-5-23(38(13-14-41-4)17-24(33)29(30,31)32)20-10-8-19(9-11-20)16-39-27-22(36-28(39)40)15-35-26(37-27)21-7-6-12-34-25(21)18(2)3/h5-12,15,17-18H,13-14,16,33H2,1-4H3,(H,36,40)/b23-5-,24-17-. The Labute approximate surface area is 235 Å². The first-order valence-electron chi connectivity index (χ1n) is 13.0. The topological polar surface area (TPSA) is 115 Å². The van der Waals surface area contributed by atoms with E-state index in [0.29, 0.717) is 28.2 Å². The van der Waals surface area contributed by atoms with Crippen molar-refractivity contribution in [2.45, 2.75) is 39.4 Å². The summed E-state index contributed by atoms with van der Waals surface area (Å²) in [6, 6.07) is 10.9. The van der Waals surface area contributed by atoms with Gasteiger partial charge in [0.25, 0.3) is 0 Å². The third-order valence-electron chi connectivity index (χ3n) is 6.47. The molecule has 0 spiro atoms. The molecule has 0 aliphatic rings. The van der Waals surface area contributed by atoms with Crippen LogP contribution in [0.2, 0.25) is 0 Å². The predicted octanol–water partition coefficient (Wildman–Crippen LogP) is 5.02. The summed E-state index contributed by atoms with van der Waals surface area (Å²) in [5.74, 6) is 0.628. The van der Waals surface area contributed by atoms with Crippen molar-refractivity contribution in [1.29, 1.82) is 0 Å². The van der Waals surface area contributed by atoms with Gasteiger partial charge in [0, 0.05) is 37.3 Å². The lowest BCUT2D eigenvalue weighted by molar-refractivity contribution is -0.0935. The summed E-state index contributed by atoms with van der Waals surface area (Å²) in [4.78, 5) is 30.7. The molecule has 216 valence electrons. The fourth-order valence-electron chi connectivity index (χ4n) is 4.44. The number of H-pyrrole nitrogens is 1. The number of allylic oxidation sites excluding steroid dienone is 2. The van der Waals surface area contributed by atoms with Gasteiger partial charge in [-0.1, -0.05) is 44.2 Å². The summed E-state index contributed by atoms with van der Waals surface area (Å²) in [5, 5.41) is 0. The average Bonchev–Trinajstić information content (AvgIpc) is 3.26. The third kappa shape index (κ3) is 6.65. The Morgan fingerprint density at radius 2 is 1.93 bits per heavy atom. The van der Waals surface area contributed by atoms with E-state index < -0.39 is 11.9 Å². The van der Waals surface area contributed by atoms with Gasteiger partial charge in [0.1, 0.15) is 11.2 Å². The summed E-state index contributed by atoms with van der Waals surface area (Å²) in [7, 11) is 1.47. The Kier molecular flexibility index (Phi) is 8.92. The highest BCUT2D eigenvalue weighted by molar-refractivity contribution is 5.73. The maximum atomic E-state index is 13.1. The quantitative estimate of drug-likeness (QED) is 0.276. The molecular weight excluding hydrogens is 535 g/mol. The minimum absolute atomic E-state index is 0.158. The minimum Gasteiger partial charge on any atom is -0.394 e. The number of rotatable bonds is 10. The molecule has 0 radical (unpaired) electrons. The third-order valence-corrected chi connectivity index (χ3v) is 6.47. The highest BCUT2D eigenvalue weighted by atomic mass is 19.4. The molecule has 3 N–H and O–H groups in total. The first-order valence-corrected chi connectivity index (χ1v) is 13.0. The van der Waals surface area contributed by atoms with Crippen LogP contribution in [-0.2, 0) is 11.3 Å². The van der Waals surface area contributed by atoms with E-state index >= 15 is 0 Å². The summed E-state index contributed by atoms with van der Waals surface area (Å²) >= 11 is 0. The van der Waals surface area contributed by atoms with Gasteiger partial charge in [0.2, 0.25) is 0 Å². The van der Waals surface area contributed by atoms with Gasteiger partial charge in [-0.3, -0.25) is 9.55 Å². The van der Waals surface area contributed by atoms with Crippen molar-refractivity contribution in [3.8, 4) is 11.4 Å². The number of pyridine rings is 1. The van der Waals surface area contributed by atoms with Crippen LogP contribution in [0.15, 0.2) is 71.6 Å². The van der Waals surface area contributed by atoms with E-state index in [1.165, 1.54) is 16.6 Å². The van der Waals surface area contributed by atoms with Crippen LogP contribution in [0.3, 0.4) is 0 Å². The van der Waals surface area contributed by atoms with Gasteiger partial charge in [-0.2, -0.15) is 13.2 Å². The number of hydrogen-bond donors (Lipinski definition) is 2. The van der Waals surface area contributed by atoms with E-state index in [9.17, 15) is 18.0 Å². The fraction of sp³-hybridized carbons (Fsp3) is 0.310. The normalized spacial score (nSPS) is 12.9. The Hall–Kier alpha value is -4.45. The molecule has 0 amide bonds. The van der Waals surface area contributed by atoms with Crippen molar-refractivity contribution >= 4 is 16.9 Å². The molecule has 0 unspecified atom stereocenters. The largest absolute Gasteiger partial charge is 0.432 e. The number of benzene rings is 1. The van der Waals surface area contributed by atoms with E-state index in [-0.39, 0.29) is 31.3 Å². The second-order valence-corrected chi connectivity index (χ2v) is 9.68. The number of halogens is 3. The van der Waals surface area contributed by atoms with Crippen LogP contribution < -0.4 is 11.4 Å². The van der Waals surface area contributed by atoms with Crippen LogP contribution in [-0.4, -0.2) is 55.8 Å². The molecule has 0 atom stereocenters. The molecular formula is C29H32F3N7O2. The summed E-state index contributed by atoms with van der Waals surface area (Å²) in [5.41, 5.74) is 8.37. The van der Waals surface area contributed by atoms with Crippen LogP contribution in [0.25, 0.3) is 28.2 Å². The SMILES string of the molecule is C/C=C(/c1ccc(Cn2c(=O)[nH]c3cnc(-c4cccnc4C(C)C)nc32)cc1)N(/C=C(\N)C(F)(F)F)CCOC. The number of nitrogens with two attached hydrogens (primary N) is 1. The van der Waals surface area contributed by atoms with Gasteiger partial charge >= 0.3 is 11.9 Å². The number of nitrogens with one attached hydrogen (secondary N) is 1. The minimum atomic E-state index is -4.66. The highest BCUT2D eigenvalue weighted by Crippen LogP contribution is 2.27. The molecule has 4 rings (SSSR count). The van der Waals surface area contributed by atoms with Gasteiger partial charge in [0.15, 0.2) is 11.5 Å².